The number of esters is 1. The zero-order chi connectivity index (χ0) is 47.0. The molecule has 4 heterocycles. The number of carbonyl (C=O) groups is 1. The number of carbonyl (C=O) groups excluding carboxylic acids is 1. The lowest BCUT2D eigenvalue weighted by atomic mass is 9.87. The van der Waals surface area contributed by atoms with Crippen molar-refractivity contribution in [2.45, 2.75) is 84.8 Å². The van der Waals surface area contributed by atoms with Gasteiger partial charge in [-0.15, -0.1) is 0 Å². The summed E-state index contributed by atoms with van der Waals surface area (Å²) in [6, 6.07) is 16.0. The van der Waals surface area contributed by atoms with Crippen LogP contribution in [0.15, 0.2) is 76.3 Å². The van der Waals surface area contributed by atoms with Crippen molar-refractivity contribution in [3.8, 4) is 56.8 Å². The van der Waals surface area contributed by atoms with E-state index in [0.29, 0.717) is 32.5 Å². The van der Waals surface area contributed by atoms with Crippen LogP contribution >= 0.6 is 46.4 Å². The quantitative estimate of drug-likeness (QED) is 0.0787. The van der Waals surface area contributed by atoms with E-state index in [4.69, 9.17) is 70.1 Å². The van der Waals surface area contributed by atoms with Crippen LogP contribution in [0.1, 0.15) is 57.9 Å². The molecule has 2 unspecified atom stereocenters. The molecule has 2 aliphatic heterocycles. The zero-order valence-corrected chi connectivity index (χ0v) is 38.9. The Morgan fingerprint density at radius 3 is 1.92 bits per heavy atom. The van der Waals surface area contributed by atoms with Gasteiger partial charge in [0.15, 0.2) is 23.0 Å². The number of halogens is 6. The summed E-state index contributed by atoms with van der Waals surface area (Å²) in [5, 5.41) is 10.2. The summed E-state index contributed by atoms with van der Waals surface area (Å²) in [6.45, 7) is 7.09. The van der Waals surface area contributed by atoms with Gasteiger partial charge in [0.2, 0.25) is 0 Å². The molecule has 6 aromatic rings. The Kier molecular flexibility index (Phi) is 14.1. The molecule has 1 N–H and O–H groups in total. The maximum absolute atomic E-state index is 15.6. The maximum atomic E-state index is 15.6. The molecule has 8 rings (SSSR count). The highest BCUT2D eigenvalue weighted by Gasteiger charge is 2.31. The predicted octanol–water partition coefficient (Wildman–Crippen LogP) is 11.4. The lowest BCUT2D eigenvalue weighted by Gasteiger charge is -2.28. The third-order valence-corrected chi connectivity index (χ3v) is 13.0. The molecule has 4 aromatic carbocycles. The second-order valence-corrected chi connectivity index (χ2v) is 17.5. The second-order valence-electron chi connectivity index (χ2n) is 16.0. The summed E-state index contributed by atoms with van der Waals surface area (Å²) in [5.41, 5.74) is -0.454. The normalized spacial score (nSPS) is 15.4. The fraction of sp³-hybridized carbons (Fsp3) is 0.340. The predicted molar refractivity (Wildman–Crippen MR) is 246 cm³/mol. The monoisotopic (exact) mass is 986 g/mol. The first-order valence-electron chi connectivity index (χ1n) is 21.4. The Bertz CT molecular complexity index is 2950. The number of hydrogen-bond acceptors (Lipinski definition) is 9. The van der Waals surface area contributed by atoms with E-state index in [1.165, 1.54) is 33.6 Å². The fourth-order valence-electron chi connectivity index (χ4n) is 8.42. The van der Waals surface area contributed by atoms with Gasteiger partial charge in [0.05, 0.1) is 27.8 Å². The van der Waals surface area contributed by atoms with Crippen molar-refractivity contribution in [2.75, 3.05) is 13.2 Å². The number of benzene rings is 4. The summed E-state index contributed by atoms with van der Waals surface area (Å²) in [5.74, 6) is -2.43. The average molecular weight is 989 g/mol. The van der Waals surface area contributed by atoms with Crippen molar-refractivity contribution >= 4 is 52.4 Å². The molecule has 66 heavy (non-hydrogen) atoms. The minimum Gasteiger partial charge on any atom is -0.504 e. The highest BCUT2D eigenvalue weighted by molar-refractivity contribution is 6.34. The highest BCUT2D eigenvalue weighted by atomic mass is 35.5. The highest BCUT2D eigenvalue weighted by Crippen LogP contribution is 2.44. The number of ether oxygens (including phenoxy) is 5. The van der Waals surface area contributed by atoms with Gasteiger partial charge in [-0.05, 0) is 105 Å². The molecule has 0 bridgehead atoms. The lowest BCUT2D eigenvalue weighted by Crippen LogP contribution is -2.33. The summed E-state index contributed by atoms with van der Waals surface area (Å²) < 4.78 is 66.6. The zero-order valence-electron chi connectivity index (χ0n) is 35.9. The first-order valence-corrected chi connectivity index (χ1v) is 22.9. The van der Waals surface area contributed by atoms with Gasteiger partial charge >= 0.3 is 5.97 Å². The third-order valence-electron chi connectivity index (χ3n) is 11.7. The minimum atomic E-state index is -1.48. The smallest absolute Gasteiger partial charge is 0.376 e. The van der Waals surface area contributed by atoms with Gasteiger partial charge in [0.1, 0.15) is 33.4 Å². The Morgan fingerprint density at radius 2 is 1.32 bits per heavy atom. The Hall–Kier alpha value is -5.45. The van der Waals surface area contributed by atoms with Crippen LogP contribution in [0.5, 0.6) is 34.5 Å². The number of aromatic nitrogens is 4. The number of hydrogen-bond donors (Lipinski definition) is 1. The molecular weight excluding hydrogens is 944 g/mol. The van der Waals surface area contributed by atoms with Crippen molar-refractivity contribution < 1.29 is 42.4 Å². The molecule has 0 aliphatic carbocycles. The molecule has 0 saturated heterocycles. The molecule has 13 nitrogen and oxygen atoms in total. The van der Waals surface area contributed by atoms with E-state index in [1.54, 1.807) is 53.5 Å². The standard InChI is InChI=1S/C47H44Cl4F2N4O9/c1-4-62-46(61)47(63-5-2)66-39-19-27(12-13-36(39)65-38-21-28(32(52)23-31(38)49)40-42(50)54-15-8-9-16-56(54)44(40)59)25(3)18-26-14-17-55-43(51)41(45(60)57(55)24-26)29-20-37(30(48)22-33(29)53)64-35-11-7-6-10-34(35)58/h6-7,10-13,19-23,25-26,47,58H,4-5,8-9,14-18,24H2,1-3H3/t25-,26?,47?/m0/s1. The molecule has 0 amide bonds. The van der Waals surface area contributed by atoms with Crippen molar-refractivity contribution in [2.24, 2.45) is 5.92 Å². The number of aromatic hydroxyl groups is 1. The van der Waals surface area contributed by atoms with Gasteiger partial charge < -0.3 is 28.8 Å². The first-order chi connectivity index (χ1) is 31.7. The van der Waals surface area contributed by atoms with E-state index in [2.05, 4.69) is 0 Å². The maximum Gasteiger partial charge on any atom is 0.376 e. The lowest BCUT2D eigenvalue weighted by molar-refractivity contribution is -0.176. The average Bonchev–Trinajstić information content (AvgIpc) is 3.69. The van der Waals surface area contributed by atoms with E-state index in [-0.39, 0.29) is 109 Å². The van der Waals surface area contributed by atoms with Gasteiger partial charge in [-0.3, -0.25) is 19.0 Å². The minimum absolute atomic E-state index is 0.0150. The number of phenols is 1. The Morgan fingerprint density at radius 1 is 0.727 bits per heavy atom. The summed E-state index contributed by atoms with van der Waals surface area (Å²) in [4.78, 5) is 40.5. The number of para-hydroxylation sites is 2. The van der Waals surface area contributed by atoms with Crippen molar-refractivity contribution in [1.82, 2.24) is 18.7 Å². The van der Waals surface area contributed by atoms with Gasteiger partial charge in [-0.25, -0.2) is 22.9 Å². The van der Waals surface area contributed by atoms with E-state index in [9.17, 15) is 19.5 Å². The fourth-order valence-corrected chi connectivity index (χ4v) is 9.52. The van der Waals surface area contributed by atoms with E-state index < -0.39 is 35.0 Å². The van der Waals surface area contributed by atoms with Crippen LogP contribution in [-0.4, -0.2) is 49.3 Å². The molecule has 2 aromatic heterocycles. The molecular formula is C47H44Cl4F2N4O9. The van der Waals surface area contributed by atoms with Crippen LogP contribution < -0.4 is 25.3 Å². The second kappa shape index (κ2) is 19.8. The van der Waals surface area contributed by atoms with Crippen LogP contribution in [0.3, 0.4) is 0 Å². The molecule has 0 fully saturated rings. The van der Waals surface area contributed by atoms with Gasteiger partial charge in [-0.2, -0.15) is 0 Å². The van der Waals surface area contributed by atoms with Gasteiger partial charge in [0.25, 0.3) is 17.4 Å². The Labute approximate surface area is 397 Å². The van der Waals surface area contributed by atoms with Crippen LogP contribution in [0.4, 0.5) is 8.78 Å². The van der Waals surface area contributed by atoms with Gasteiger partial charge in [0, 0.05) is 43.9 Å². The summed E-state index contributed by atoms with van der Waals surface area (Å²) >= 11 is 26.4. The van der Waals surface area contributed by atoms with Gasteiger partial charge in [-0.1, -0.05) is 71.5 Å². The van der Waals surface area contributed by atoms with Crippen molar-refractivity contribution in [3.63, 3.8) is 0 Å². The molecule has 0 saturated carbocycles. The van der Waals surface area contributed by atoms with Crippen molar-refractivity contribution in [3.05, 3.63) is 125 Å². The largest absolute Gasteiger partial charge is 0.504 e. The Balaban J connectivity index is 1.07. The van der Waals surface area contributed by atoms with Crippen LogP contribution in [0.25, 0.3) is 22.3 Å². The summed E-state index contributed by atoms with van der Waals surface area (Å²) in [6.07, 6.45) is 1.32. The SMILES string of the molecule is CCOC(=O)C(OCC)Oc1cc([C@@H](C)CC2CCn3c(Cl)c(-c4cc(Oc5ccccc5O)c(Cl)cc4F)c(=O)n3C2)ccc1Oc1cc(-c2c(Cl)n3n(c2=O)CCCC3)c(F)cc1Cl. The molecule has 348 valence electrons. The number of rotatable bonds is 15. The van der Waals surface area contributed by atoms with Crippen LogP contribution in [0.2, 0.25) is 20.4 Å². The first kappa shape index (κ1) is 47.1. The van der Waals surface area contributed by atoms with Crippen LogP contribution in [0, 0.1) is 17.6 Å². The van der Waals surface area contributed by atoms with E-state index in [0.717, 1.165) is 30.5 Å². The molecule has 3 atom stereocenters. The molecule has 0 radical (unpaired) electrons. The number of phenolic OH excluding ortho intramolecular Hbond substituents is 1. The molecule has 19 heteroatoms. The molecule has 2 aliphatic rings. The number of fused-ring (bicyclic) bond motifs is 2. The van der Waals surface area contributed by atoms with Crippen molar-refractivity contribution in [1.29, 1.82) is 0 Å². The summed E-state index contributed by atoms with van der Waals surface area (Å²) in [7, 11) is 0. The topological polar surface area (TPSA) is 137 Å². The van der Waals surface area contributed by atoms with E-state index >= 15 is 8.78 Å². The number of nitrogens with zero attached hydrogens (tertiary/aromatic N) is 4. The van der Waals surface area contributed by atoms with Crippen LogP contribution in [-0.2, 0) is 40.4 Å². The van der Waals surface area contributed by atoms with E-state index in [1.807, 2.05) is 6.92 Å². The molecule has 0 spiro atoms. The third kappa shape index (κ3) is 9.28.